The van der Waals surface area contributed by atoms with E-state index in [-0.39, 0.29) is 31.0 Å². The van der Waals surface area contributed by atoms with Gasteiger partial charge in [0.25, 0.3) is 14.6 Å². The number of carbonyl (C=O) groups is 3. The Morgan fingerprint density at radius 1 is 1.03 bits per heavy atom. The van der Waals surface area contributed by atoms with E-state index in [9.17, 15) is 27.6 Å². The maximum atomic E-state index is 13.1. The molecule has 0 atom stereocenters. The number of carbonyl (C=O) groups excluding carboxylic acids is 3. The predicted molar refractivity (Wildman–Crippen MR) is 115 cm³/mol. The molecule has 1 aromatic heterocycles. The van der Waals surface area contributed by atoms with Crippen molar-refractivity contribution in [2.75, 3.05) is 11.5 Å². The van der Waals surface area contributed by atoms with Crippen molar-refractivity contribution in [1.29, 1.82) is 0 Å². The maximum absolute atomic E-state index is 13.1. The number of halogens is 1. The van der Waals surface area contributed by atoms with Crippen LogP contribution in [0.1, 0.15) is 48.5 Å². The number of pyridine rings is 1. The van der Waals surface area contributed by atoms with E-state index in [4.69, 9.17) is 24.9 Å². The van der Waals surface area contributed by atoms with E-state index in [1.54, 1.807) is 6.92 Å². The number of anilines is 1. The summed E-state index contributed by atoms with van der Waals surface area (Å²) >= 11 is 0. The summed E-state index contributed by atoms with van der Waals surface area (Å²) in [4.78, 5) is 50.0. The molecule has 14 heteroatoms. The molecule has 0 aliphatic carbocycles. The molecule has 2 amide bonds. The number of hydrogen-bond donors (Lipinski definition) is 0. The Hall–Kier alpha value is -1.98. The standard InChI is InChI=1S/C19H27ClN2O9S.Zn/c1-8-29-13(23)11-21-10-9-12(32(20,27)28)14(15(21)24)22(16(25)30-18(2,3)4)17(26)31-19(5,6)7;/h9-10H,8,11H2,1-7H3;. The summed E-state index contributed by atoms with van der Waals surface area (Å²) in [6.07, 6.45) is -1.78. The van der Waals surface area contributed by atoms with Crippen LogP contribution in [0.15, 0.2) is 22.0 Å². The number of rotatable bonds is 5. The summed E-state index contributed by atoms with van der Waals surface area (Å²) < 4.78 is 40.2. The summed E-state index contributed by atoms with van der Waals surface area (Å²) in [7, 11) is 0.839. The second kappa shape index (κ2) is 11.4. The zero-order chi connectivity index (χ0) is 25.1. The molecule has 0 fully saturated rings. The molecule has 0 aliphatic rings. The third kappa shape index (κ3) is 9.42. The molecular formula is C19H27ClN2O9SZn. The second-order valence-corrected chi connectivity index (χ2v) is 11.0. The van der Waals surface area contributed by atoms with Crippen LogP contribution in [-0.4, -0.2) is 48.9 Å². The van der Waals surface area contributed by atoms with Crippen molar-refractivity contribution < 1.29 is 56.5 Å². The molecule has 0 bridgehead atoms. The first-order chi connectivity index (χ1) is 14.4. The molecule has 33 heavy (non-hydrogen) atoms. The molecule has 0 spiro atoms. The average Bonchev–Trinajstić information content (AvgIpc) is 2.54. The molecule has 0 aromatic carbocycles. The Morgan fingerprint density at radius 2 is 1.48 bits per heavy atom. The normalized spacial score (nSPS) is 11.8. The van der Waals surface area contributed by atoms with Gasteiger partial charge in [0.05, 0.1) is 6.61 Å². The van der Waals surface area contributed by atoms with Crippen LogP contribution >= 0.6 is 10.7 Å². The van der Waals surface area contributed by atoms with Gasteiger partial charge in [0.1, 0.15) is 28.3 Å². The zero-order valence-corrected chi connectivity index (χ0v) is 24.2. The largest absolute Gasteiger partial charge is 0.465 e. The van der Waals surface area contributed by atoms with Gasteiger partial charge in [0.15, 0.2) is 0 Å². The van der Waals surface area contributed by atoms with Gasteiger partial charge >= 0.3 is 18.2 Å². The van der Waals surface area contributed by atoms with Crippen molar-refractivity contribution in [2.45, 2.75) is 71.1 Å². The summed E-state index contributed by atoms with van der Waals surface area (Å²) in [6, 6.07) is 0.875. The Balaban J connectivity index is 0.0000102. The summed E-state index contributed by atoms with van der Waals surface area (Å²) in [6.45, 7) is 9.99. The Labute approximate surface area is 209 Å². The molecular weight excluding hydrogens is 533 g/mol. The predicted octanol–water partition coefficient (Wildman–Crippen LogP) is 3.01. The minimum atomic E-state index is -4.63. The molecule has 1 rings (SSSR count). The molecule has 0 saturated heterocycles. The number of imide groups is 1. The first-order valence-corrected chi connectivity index (χ1v) is 11.8. The monoisotopic (exact) mass is 558 g/mol. The molecule has 1 aromatic rings. The van der Waals surface area contributed by atoms with Crippen molar-refractivity contribution in [3.8, 4) is 0 Å². The topological polar surface area (TPSA) is 138 Å². The summed E-state index contributed by atoms with van der Waals surface area (Å²) in [5, 5.41) is 0. The smallest absolute Gasteiger partial charge is 0.424 e. The number of hydrogen-bond acceptors (Lipinski definition) is 9. The van der Waals surface area contributed by atoms with Crippen molar-refractivity contribution in [3.05, 3.63) is 22.6 Å². The number of nitrogens with zero attached hydrogens (tertiary/aromatic N) is 2. The second-order valence-electron chi connectivity index (χ2n) is 8.50. The van der Waals surface area contributed by atoms with Crippen molar-refractivity contribution in [1.82, 2.24) is 4.57 Å². The molecule has 11 nitrogen and oxygen atoms in total. The summed E-state index contributed by atoms with van der Waals surface area (Å²) in [5.74, 6) is -0.803. The first-order valence-electron chi connectivity index (χ1n) is 9.47. The van der Waals surface area contributed by atoms with Gasteiger partial charge in [-0.15, -0.1) is 0 Å². The van der Waals surface area contributed by atoms with Crippen molar-refractivity contribution in [3.63, 3.8) is 0 Å². The van der Waals surface area contributed by atoms with Gasteiger partial charge in [-0.3, -0.25) is 9.59 Å². The van der Waals surface area contributed by atoms with E-state index < -0.39 is 61.1 Å². The third-order valence-corrected chi connectivity index (χ3v) is 4.70. The average molecular weight is 560 g/mol. The number of esters is 1. The van der Waals surface area contributed by atoms with E-state index in [0.717, 1.165) is 16.8 Å². The molecule has 1 heterocycles. The van der Waals surface area contributed by atoms with Crippen LogP contribution in [0.5, 0.6) is 0 Å². The Kier molecular flexibility index (Phi) is 10.8. The third-order valence-electron chi connectivity index (χ3n) is 3.35. The fourth-order valence-electron chi connectivity index (χ4n) is 2.29. The van der Waals surface area contributed by atoms with Crippen LogP contribution in [0.2, 0.25) is 0 Å². The molecule has 0 saturated carbocycles. The van der Waals surface area contributed by atoms with Crippen LogP contribution in [0.4, 0.5) is 15.3 Å². The van der Waals surface area contributed by atoms with E-state index in [1.165, 1.54) is 41.5 Å². The van der Waals surface area contributed by atoms with E-state index in [1.807, 2.05) is 0 Å². The minimum absolute atomic E-state index is 0. The van der Waals surface area contributed by atoms with Crippen LogP contribution < -0.4 is 10.5 Å². The van der Waals surface area contributed by atoms with E-state index in [2.05, 4.69) is 0 Å². The van der Waals surface area contributed by atoms with Gasteiger partial charge in [0.2, 0.25) is 0 Å². The fourth-order valence-corrected chi connectivity index (χ4v) is 3.30. The maximum Gasteiger partial charge on any atom is 0.424 e. The quantitative estimate of drug-likeness (QED) is 0.230. The van der Waals surface area contributed by atoms with Crippen LogP contribution in [0.25, 0.3) is 0 Å². The fraction of sp³-hybridized carbons (Fsp3) is 0.579. The van der Waals surface area contributed by atoms with Gasteiger partial charge < -0.3 is 18.8 Å². The van der Waals surface area contributed by atoms with Crippen LogP contribution in [0.3, 0.4) is 0 Å². The number of aromatic nitrogens is 1. The van der Waals surface area contributed by atoms with Gasteiger partial charge in [0, 0.05) is 36.4 Å². The van der Waals surface area contributed by atoms with Gasteiger partial charge in [-0.05, 0) is 54.5 Å². The molecule has 0 unspecified atom stereocenters. The Morgan fingerprint density at radius 3 is 1.85 bits per heavy atom. The molecule has 0 aliphatic heterocycles. The number of amides is 2. The van der Waals surface area contributed by atoms with Crippen molar-refractivity contribution >= 4 is 43.6 Å². The molecule has 0 radical (unpaired) electrons. The number of ether oxygens (including phenoxy) is 3. The van der Waals surface area contributed by atoms with E-state index >= 15 is 0 Å². The SMILES string of the molecule is CCOC(=O)Cn1ccc(S(=O)(=O)Cl)c(N(C(=O)OC(C)(C)C)C(=O)OC(C)(C)C)c1=O.[Zn]. The first kappa shape index (κ1) is 31.0. The van der Waals surface area contributed by atoms with Crippen LogP contribution in [-0.2, 0) is 54.1 Å². The molecule has 0 N–H and O–H groups in total. The summed E-state index contributed by atoms with van der Waals surface area (Å²) in [5.41, 5.74) is -4.36. The van der Waals surface area contributed by atoms with Crippen LogP contribution in [0, 0.1) is 0 Å². The molecule has 182 valence electrons. The van der Waals surface area contributed by atoms with E-state index in [0.29, 0.717) is 0 Å². The Bertz CT molecular complexity index is 1030. The van der Waals surface area contributed by atoms with Gasteiger partial charge in [-0.25, -0.2) is 18.0 Å². The zero-order valence-electron chi connectivity index (χ0n) is 19.6. The minimum Gasteiger partial charge on any atom is -0.465 e. The van der Waals surface area contributed by atoms with Gasteiger partial charge in [-0.2, -0.15) is 4.90 Å². The van der Waals surface area contributed by atoms with Gasteiger partial charge in [-0.1, -0.05) is 0 Å². The van der Waals surface area contributed by atoms with Crippen molar-refractivity contribution in [2.24, 2.45) is 0 Å².